The molecule has 1 aromatic carbocycles. The van der Waals surface area contributed by atoms with Gasteiger partial charge in [-0.15, -0.1) is 0 Å². The van der Waals surface area contributed by atoms with Crippen LogP contribution >= 0.6 is 0 Å². The number of benzene rings is 1. The molecule has 0 aliphatic heterocycles. The van der Waals surface area contributed by atoms with Crippen molar-refractivity contribution in [3.05, 3.63) is 29.3 Å². The number of hydrogen-bond acceptors (Lipinski definition) is 2. The molecule has 0 N–H and O–H groups in total. The molecule has 2 nitrogen and oxygen atoms in total. The van der Waals surface area contributed by atoms with Gasteiger partial charge in [0.2, 0.25) is 0 Å². The van der Waals surface area contributed by atoms with Crippen LogP contribution in [-0.2, 0) is 11.2 Å². The monoisotopic (exact) mass is 204 g/mol. The van der Waals surface area contributed by atoms with Gasteiger partial charge < -0.3 is 9.53 Å². The molecule has 80 valence electrons. The SMILES string of the molecule is COc1ccc2c(c1)CCC2CC(C)=O. The first kappa shape index (κ1) is 10.2. The summed E-state index contributed by atoms with van der Waals surface area (Å²) in [5.74, 6) is 1.63. The van der Waals surface area contributed by atoms with Crippen LogP contribution in [-0.4, -0.2) is 12.9 Å². The Morgan fingerprint density at radius 3 is 3.00 bits per heavy atom. The number of aryl methyl sites for hydroxylation is 1. The van der Waals surface area contributed by atoms with E-state index in [1.54, 1.807) is 14.0 Å². The highest BCUT2D eigenvalue weighted by Gasteiger charge is 2.23. The van der Waals surface area contributed by atoms with Crippen molar-refractivity contribution in [2.24, 2.45) is 0 Å². The minimum Gasteiger partial charge on any atom is -0.497 e. The smallest absolute Gasteiger partial charge is 0.130 e. The fraction of sp³-hybridized carbons (Fsp3) is 0.462. The van der Waals surface area contributed by atoms with Crippen molar-refractivity contribution in [2.45, 2.75) is 32.1 Å². The molecular formula is C13H16O2. The molecule has 1 aliphatic rings. The fourth-order valence-electron chi connectivity index (χ4n) is 2.37. The van der Waals surface area contributed by atoms with Gasteiger partial charge in [0.25, 0.3) is 0 Å². The summed E-state index contributed by atoms with van der Waals surface area (Å²) in [7, 11) is 1.68. The highest BCUT2D eigenvalue weighted by Crippen LogP contribution is 2.37. The molecule has 2 heteroatoms. The number of ketones is 1. The predicted molar refractivity (Wildman–Crippen MR) is 59.4 cm³/mol. The van der Waals surface area contributed by atoms with Crippen molar-refractivity contribution < 1.29 is 9.53 Å². The van der Waals surface area contributed by atoms with E-state index in [-0.39, 0.29) is 5.78 Å². The van der Waals surface area contributed by atoms with E-state index in [0.717, 1.165) is 18.6 Å². The van der Waals surface area contributed by atoms with E-state index in [4.69, 9.17) is 4.74 Å². The van der Waals surface area contributed by atoms with Crippen molar-refractivity contribution in [1.29, 1.82) is 0 Å². The number of hydrogen-bond donors (Lipinski definition) is 0. The van der Waals surface area contributed by atoms with E-state index >= 15 is 0 Å². The Bertz CT molecular complexity index is 382. The van der Waals surface area contributed by atoms with Crippen molar-refractivity contribution in [2.75, 3.05) is 7.11 Å². The highest BCUT2D eigenvalue weighted by atomic mass is 16.5. The molecule has 0 radical (unpaired) electrons. The summed E-state index contributed by atoms with van der Waals surface area (Å²) in [6.45, 7) is 1.67. The second-order valence-corrected chi connectivity index (χ2v) is 4.21. The van der Waals surface area contributed by atoms with E-state index in [1.807, 2.05) is 6.07 Å². The summed E-state index contributed by atoms with van der Waals surface area (Å²) >= 11 is 0. The zero-order chi connectivity index (χ0) is 10.8. The minimum absolute atomic E-state index is 0.281. The number of rotatable bonds is 3. The van der Waals surface area contributed by atoms with Gasteiger partial charge in [-0.25, -0.2) is 0 Å². The molecular weight excluding hydrogens is 188 g/mol. The molecule has 15 heavy (non-hydrogen) atoms. The Kier molecular flexibility index (Phi) is 2.76. The number of carbonyl (C=O) groups is 1. The minimum atomic E-state index is 0.281. The van der Waals surface area contributed by atoms with Crippen LogP contribution in [0.25, 0.3) is 0 Å². The van der Waals surface area contributed by atoms with Gasteiger partial charge in [-0.3, -0.25) is 0 Å². The number of Topliss-reactive ketones (excluding diaryl/α,β-unsaturated/α-hetero) is 1. The standard InChI is InChI=1S/C13H16O2/c1-9(14)7-10-3-4-11-8-12(15-2)5-6-13(10)11/h5-6,8,10H,3-4,7H2,1-2H3. The van der Waals surface area contributed by atoms with Crippen molar-refractivity contribution >= 4 is 5.78 Å². The van der Waals surface area contributed by atoms with Gasteiger partial charge in [0, 0.05) is 6.42 Å². The second kappa shape index (κ2) is 4.05. The first-order chi connectivity index (χ1) is 7.20. The Morgan fingerprint density at radius 2 is 2.33 bits per heavy atom. The van der Waals surface area contributed by atoms with Crippen LogP contribution in [0.2, 0.25) is 0 Å². The zero-order valence-electron chi connectivity index (χ0n) is 9.25. The molecule has 0 bridgehead atoms. The molecule has 1 atom stereocenters. The number of carbonyl (C=O) groups excluding carboxylic acids is 1. The topological polar surface area (TPSA) is 26.3 Å². The first-order valence-electron chi connectivity index (χ1n) is 5.37. The van der Waals surface area contributed by atoms with Crippen LogP contribution in [0, 0.1) is 0 Å². The average molecular weight is 204 g/mol. The molecule has 0 amide bonds. The first-order valence-corrected chi connectivity index (χ1v) is 5.37. The van der Waals surface area contributed by atoms with Crippen LogP contribution in [0.15, 0.2) is 18.2 Å². The maximum atomic E-state index is 11.1. The predicted octanol–water partition coefficient (Wildman–Crippen LogP) is 2.70. The Morgan fingerprint density at radius 1 is 1.53 bits per heavy atom. The third kappa shape index (κ3) is 2.04. The van der Waals surface area contributed by atoms with Gasteiger partial charge in [0.05, 0.1) is 7.11 Å². The number of methoxy groups -OCH3 is 1. The van der Waals surface area contributed by atoms with Gasteiger partial charge in [-0.2, -0.15) is 0 Å². The molecule has 0 fully saturated rings. The van der Waals surface area contributed by atoms with Gasteiger partial charge in [0.15, 0.2) is 0 Å². The number of ether oxygens (including phenoxy) is 1. The molecule has 0 saturated heterocycles. The Labute approximate surface area is 90.3 Å². The lowest BCUT2D eigenvalue weighted by atomic mass is 9.96. The van der Waals surface area contributed by atoms with E-state index < -0.39 is 0 Å². The van der Waals surface area contributed by atoms with E-state index in [9.17, 15) is 4.79 Å². The van der Waals surface area contributed by atoms with E-state index in [1.165, 1.54) is 11.1 Å². The molecule has 0 spiro atoms. The van der Waals surface area contributed by atoms with Crippen LogP contribution in [0.1, 0.15) is 36.8 Å². The summed E-state index contributed by atoms with van der Waals surface area (Å²) < 4.78 is 5.19. The molecule has 1 unspecified atom stereocenters. The van der Waals surface area contributed by atoms with E-state index in [0.29, 0.717) is 12.3 Å². The maximum Gasteiger partial charge on any atom is 0.130 e. The van der Waals surface area contributed by atoms with Crippen molar-refractivity contribution in [1.82, 2.24) is 0 Å². The van der Waals surface area contributed by atoms with Crippen LogP contribution in [0.3, 0.4) is 0 Å². The molecule has 0 aromatic heterocycles. The molecule has 0 saturated carbocycles. The van der Waals surface area contributed by atoms with E-state index in [2.05, 4.69) is 12.1 Å². The summed E-state index contributed by atoms with van der Waals surface area (Å²) in [5.41, 5.74) is 2.69. The Balaban J connectivity index is 2.24. The Hall–Kier alpha value is -1.31. The third-order valence-electron chi connectivity index (χ3n) is 3.09. The summed E-state index contributed by atoms with van der Waals surface area (Å²) in [6.07, 6.45) is 2.85. The second-order valence-electron chi connectivity index (χ2n) is 4.21. The summed E-state index contributed by atoms with van der Waals surface area (Å²) in [6, 6.07) is 6.18. The van der Waals surface area contributed by atoms with Gasteiger partial charge in [-0.05, 0) is 48.9 Å². The zero-order valence-corrected chi connectivity index (χ0v) is 9.25. The van der Waals surface area contributed by atoms with Crippen LogP contribution in [0.5, 0.6) is 5.75 Å². The molecule has 1 aromatic rings. The van der Waals surface area contributed by atoms with Crippen LogP contribution in [0.4, 0.5) is 0 Å². The maximum absolute atomic E-state index is 11.1. The third-order valence-corrected chi connectivity index (χ3v) is 3.09. The lowest BCUT2D eigenvalue weighted by molar-refractivity contribution is -0.117. The van der Waals surface area contributed by atoms with Gasteiger partial charge >= 0.3 is 0 Å². The van der Waals surface area contributed by atoms with Crippen molar-refractivity contribution in [3.8, 4) is 5.75 Å². The van der Waals surface area contributed by atoms with Crippen LogP contribution < -0.4 is 4.74 Å². The molecule has 2 rings (SSSR count). The molecule has 0 heterocycles. The van der Waals surface area contributed by atoms with Crippen molar-refractivity contribution in [3.63, 3.8) is 0 Å². The fourth-order valence-corrected chi connectivity index (χ4v) is 2.37. The quantitative estimate of drug-likeness (QED) is 0.756. The van der Waals surface area contributed by atoms with Gasteiger partial charge in [-0.1, -0.05) is 6.07 Å². The largest absolute Gasteiger partial charge is 0.497 e. The average Bonchev–Trinajstić information content (AvgIpc) is 2.60. The lowest BCUT2D eigenvalue weighted by Gasteiger charge is -2.09. The highest BCUT2D eigenvalue weighted by molar-refractivity contribution is 5.76. The normalized spacial score (nSPS) is 18.7. The summed E-state index contributed by atoms with van der Waals surface area (Å²) in [5, 5.41) is 0. The lowest BCUT2D eigenvalue weighted by Crippen LogP contribution is -2.00. The molecule has 1 aliphatic carbocycles. The van der Waals surface area contributed by atoms with Gasteiger partial charge in [0.1, 0.15) is 11.5 Å². The number of fused-ring (bicyclic) bond motifs is 1. The summed E-state index contributed by atoms with van der Waals surface area (Å²) in [4.78, 5) is 11.1.